The molecule has 2 aromatic carbocycles. The molecular weight excluding hydrogens is 316 g/mol. The summed E-state index contributed by atoms with van der Waals surface area (Å²) < 4.78 is 5.48. The van der Waals surface area contributed by atoms with Crippen LogP contribution >= 0.6 is 0 Å². The van der Waals surface area contributed by atoms with Crippen molar-refractivity contribution in [1.29, 1.82) is 0 Å². The highest BCUT2D eigenvalue weighted by atomic mass is 16.5. The van der Waals surface area contributed by atoms with Gasteiger partial charge < -0.3 is 15.0 Å². The molecular formula is C20H20N2O3. The Morgan fingerprint density at radius 2 is 1.88 bits per heavy atom. The monoisotopic (exact) mass is 336 g/mol. The summed E-state index contributed by atoms with van der Waals surface area (Å²) in [7, 11) is 0. The summed E-state index contributed by atoms with van der Waals surface area (Å²) in [5.74, 6) is -0.723. The number of ether oxygens (including phenoxy) is 1. The van der Waals surface area contributed by atoms with E-state index in [-0.39, 0.29) is 0 Å². The van der Waals surface area contributed by atoms with Crippen LogP contribution in [0.5, 0.6) is 5.75 Å². The number of benzene rings is 2. The first-order valence-corrected chi connectivity index (χ1v) is 8.32. The molecule has 0 saturated heterocycles. The Kier molecular flexibility index (Phi) is 4.84. The average Bonchev–Trinajstić information content (AvgIpc) is 3.07. The highest BCUT2D eigenvalue weighted by Crippen LogP contribution is 2.25. The van der Waals surface area contributed by atoms with Crippen LogP contribution in [0.4, 0.5) is 5.69 Å². The Morgan fingerprint density at radius 3 is 2.64 bits per heavy atom. The zero-order valence-electron chi connectivity index (χ0n) is 14.3. The maximum Gasteiger partial charge on any atom is 0.296 e. The molecule has 3 rings (SSSR count). The molecule has 1 aromatic heterocycles. The summed E-state index contributed by atoms with van der Waals surface area (Å²) in [6.45, 7) is 4.39. The summed E-state index contributed by atoms with van der Waals surface area (Å²) >= 11 is 0. The van der Waals surface area contributed by atoms with Gasteiger partial charge in [-0.2, -0.15) is 0 Å². The number of para-hydroxylation sites is 3. The van der Waals surface area contributed by atoms with Crippen molar-refractivity contribution in [2.24, 2.45) is 0 Å². The summed E-state index contributed by atoms with van der Waals surface area (Å²) in [4.78, 5) is 28.2. The third kappa shape index (κ3) is 3.26. The fourth-order valence-corrected chi connectivity index (χ4v) is 2.85. The number of carbonyl (C=O) groups is 2. The third-order valence-corrected chi connectivity index (χ3v) is 4.07. The molecule has 0 bridgehead atoms. The van der Waals surface area contributed by atoms with Crippen LogP contribution in [0.15, 0.2) is 48.7 Å². The molecule has 0 aliphatic carbocycles. The Morgan fingerprint density at radius 1 is 1.08 bits per heavy atom. The van der Waals surface area contributed by atoms with E-state index in [1.54, 1.807) is 24.4 Å². The minimum absolute atomic E-state index is 0.372. The lowest BCUT2D eigenvalue weighted by Crippen LogP contribution is -2.23. The minimum Gasteiger partial charge on any atom is -0.492 e. The Labute approximate surface area is 146 Å². The number of aromatic nitrogens is 1. The second-order valence-electron chi connectivity index (χ2n) is 5.61. The van der Waals surface area contributed by atoms with Gasteiger partial charge in [-0.15, -0.1) is 0 Å². The molecule has 0 saturated carbocycles. The van der Waals surface area contributed by atoms with Gasteiger partial charge in [0, 0.05) is 17.1 Å². The molecule has 5 heteroatoms. The van der Waals surface area contributed by atoms with Crippen LogP contribution in [0.3, 0.4) is 0 Å². The number of aromatic amines is 1. The van der Waals surface area contributed by atoms with Crippen molar-refractivity contribution in [2.75, 3.05) is 11.9 Å². The quantitative estimate of drug-likeness (QED) is 0.529. The Bertz CT molecular complexity index is 928. The first-order chi connectivity index (χ1) is 12.2. The lowest BCUT2D eigenvalue weighted by atomic mass is 10.0. The smallest absolute Gasteiger partial charge is 0.296 e. The number of anilines is 1. The van der Waals surface area contributed by atoms with E-state index in [0.717, 1.165) is 22.9 Å². The van der Waals surface area contributed by atoms with Crippen molar-refractivity contribution in [3.8, 4) is 5.75 Å². The molecule has 0 fully saturated rings. The number of hydrogen-bond donors (Lipinski definition) is 2. The van der Waals surface area contributed by atoms with Crippen molar-refractivity contribution in [1.82, 2.24) is 4.98 Å². The molecule has 2 N–H and O–H groups in total. The van der Waals surface area contributed by atoms with E-state index in [2.05, 4.69) is 17.2 Å². The zero-order chi connectivity index (χ0) is 17.8. The molecule has 0 unspecified atom stereocenters. The van der Waals surface area contributed by atoms with Crippen molar-refractivity contribution >= 4 is 28.3 Å². The van der Waals surface area contributed by atoms with Crippen molar-refractivity contribution in [3.63, 3.8) is 0 Å². The van der Waals surface area contributed by atoms with Crippen LogP contribution in [0, 0.1) is 0 Å². The first-order valence-electron chi connectivity index (χ1n) is 8.32. The van der Waals surface area contributed by atoms with Gasteiger partial charge in [-0.3, -0.25) is 9.59 Å². The number of H-pyrrole nitrogens is 1. The Hall–Kier alpha value is -3.08. The largest absolute Gasteiger partial charge is 0.492 e. The number of aryl methyl sites for hydroxylation is 1. The SMILES string of the molecule is CCOc1ccccc1NC(=O)C(=O)c1c[nH]c2c(CC)cccc12. The molecule has 5 nitrogen and oxygen atoms in total. The first kappa shape index (κ1) is 16.8. The zero-order valence-corrected chi connectivity index (χ0v) is 14.3. The maximum atomic E-state index is 12.6. The van der Waals surface area contributed by atoms with E-state index < -0.39 is 11.7 Å². The molecule has 0 atom stereocenters. The lowest BCUT2D eigenvalue weighted by Gasteiger charge is -2.10. The fourth-order valence-electron chi connectivity index (χ4n) is 2.85. The molecule has 1 amide bonds. The summed E-state index contributed by atoms with van der Waals surface area (Å²) in [6, 6.07) is 12.8. The summed E-state index contributed by atoms with van der Waals surface area (Å²) in [6.07, 6.45) is 2.44. The number of Topliss-reactive ketones (excluding diaryl/α,β-unsaturated/α-hetero) is 1. The molecule has 128 valence electrons. The normalized spacial score (nSPS) is 10.6. The van der Waals surface area contributed by atoms with Crippen LogP contribution in [0.2, 0.25) is 0 Å². The molecule has 1 heterocycles. The van der Waals surface area contributed by atoms with Gasteiger partial charge in [0.05, 0.1) is 17.9 Å². The van der Waals surface area contributed by atoms with Gasteiger partial charge in [-0.1, -0.05) is 37.3 Å². The highest BCUT2D eigenvalue weighted by Gasteiger charge is 2.21. The number of carbonyl (C=O) groups excluding carboxylic acids is 2. The average molecular weight is 336 g/mol. The van der Waals surface area contributed by atoms with Crippen LogP contribution < -0.4 is 10.1 Å². The summed E-state index contributed by atoms with van der Waals surface area (Å²) in [5, 5.41) is 3.41. The predicted octanol–water partition coefficient (Wildman–Crippen LogP) is 3.95. The van der Waals surface area contributed by atoms with Gasteiger partial charge in [0.15, 0.2) is 0 Å². The van der Waals surface area contributed by atoms with E-state index in [0.29, 0.717) is 23.6 Å². The maximum absolute atomic E-state index is 12.6. The Balaban J connectivity index is 1.88. The molecule has 25 heavy (non-hydrogen) atoms. The van der Waals surface area contributed by atoms with E-state index >= 15 is 0 Å². The standard InChI is InChI=1S/C20H20N2O3/c1-3-13-8-7-9-14-15(12-21-18(13)14)19(23)20(24)22-16-10-5-6-11-17(16)25-4-2/h5-12,21H,3-4H2,1-2H3,(H,22,24). The number of hydrogen-bond acceptors (Lipinski definition) is 3. The second-order valence-corrected chi connectivity index (χ2v) is 5.61. The van der Waals surface area contributed by atoms with Crippen LogP contribution in [-0.4, -0.2) is 23.3 Å². The van der Waals surface area contributed by atoms with Gasteiger partial charge in [0.1, 0.15) is 5.75 Å². The van der Waals surface area contributed by atoms with Gasteiger partial charge in [0.25, 0.3) is 11.7 Å². The summed E-state index contributed by atoms with van der Waals surface area (Å²) in [5.41, 5.74) is 2.86. The number of nitrogens with one attached hydrogen (secondary N) is 2. The second kappa shape index (κ2) is 7.21. The highest BCUT2D eigenvalue weighted by molar-refractivity contribution is 6.48. The molecule has 0 aliphatic rings. The number of amides is 1. The van der Waals surface area contributed by atoms with Gasteiger partial charge in [-0.05, 0) is 31.0 Å². The number of fused-ring (bicyclic) bond motifs is 1. The van der Waals surface area contributed by atoms with E-state index in [4.69, 9.17) is 4.74 Å². The molecule has 0 radical (unpaired) electrons. The predicted molar refractivity (Wildman–Crippen MR) is 98.2 cm³/mol. The van der Waals surface area contributed by atoms with Crippen LogP contribution in [0.25, 0.3) is 10.9 Å². The van der Waals surface area contributed by atoms with Crippen LogP contribution in [-0.2, 0) is 11.2 Å². The minimum atomic E-state index is -0.685. The van der Waals surface area contributed by atoms with Crippen LogP contribution in [0.1, 0.15) is 29.8 Å². The van der Waals surface area contributed by atoms with Crippen molar-refractivity contribution in [3.05, 3.63) is 59.8 Å². The molecule has 0 aliphatic heterocycles. The van der Waals surface area contributed by atoms with Gasteiger partial charge in [-0.25, -0.2) is 0 Å². The third-order valence-electron chi connectivity index (χ3n) is 4.07. The number of ketones is 1. The fraction of sp³-hybridized carbons (Fsp3) is 0.200. The van der Waals surface area contributed by atoms with E-state index in [1.165, 1.54) is 0 Å². The van der Waals surface area contributed by atoms with Gasteiger partial charge >= 0.3 is 0 Å². The molecule has 3 aromatic rings. The van der Waals surface area contributed by atoms with Crippen molar-refractivity contribution in [2.45, 2.75) is 20.3 Å². The molecule has 0 spiro atoms. The van der Waals surface area contributed by atoms with E-state index in [9.17, 15) is 9.59 Å². The van der Waals surface area contributed by atoms with Crippen molar-refractivity contribution < 1.29 is 14.3 Å². The van der Waals surface area contributed by atoms with Gasteiger partial charge in [0.2, 0.25) is 0 Å². The lowest BCUT2D eigenvalue weighted by molar-refractivity contribution is -0.112. The number of rotatable bonds is 6. The topological polar surface area (TPSA) is 71.2 Å². The van der Waals surface area contributed by atoms with E-state index in [1.807, 2.05) is 31.2 Å².